The van der Waals surface area contributed by atoms with Gasteiger partial charge in [0.05, 0.1) is 0 Å². The lowest BCUT2D eigenvalue weighted by atomic mass is 9.90. The Morgan fingerprint density at radius 2 is 0.288 bits per heavy atom. The van der Waals surface area contributed by atoms with Crippen LogP contribution in [0.2, 0.25) is 0 Å². The Morgan fingerprint density at radius 3 is 0.452 bits per heavy atom. The van der Waals surface area contributed by atoms with Crippen molar-refractivity contribution in [3.8, 4) is 135 Å². The van der Waals surface area contributed by atoms with E-state index < -0.39 is 0 Å². The first kappa shape index (κ1) is 58.8. The molecule has 8 nitrogen and oxygen atoms in total. The van der Waals surface area contributed by atoms with Gasteiger partial charge in [-0.15, -0.1) is 0 Å². The zero-order valence-electron chi connectivity index (χ0n) is 56.0. The summed E-state index contributed by atoms with van der Waals surface area (Å²) in [4.78, 5) is 41.9. The predicted molar refractivity (Wildman–Crippen MR) is 430 cm³/mol. The van der Waals surface area contributed by atoms with E-state index in [1.165, 1.54) is 0 Å². The molecule has 0 amide bonds. The van der Waals surface area contributed by atoms with Crippen molar-refractivity contribution in [2.24, 2.45) is 0 Å². The van der Waals surface area contributed by atoms with Crippen LogP contribution in [0.1, 0.15) is 0 Å². The smallest absolute Gasteiger partial charge is 0.164 e. The highest BCUT2D eigenvalue weighted by Crippen LogP contribution is 2.47. The minimum Gasteiger partial charge on any atom is -0.324 e. The quantitative estimate of drug-likeness (QED) is 0.157. The fraction of sp³-hybridized carbons (Fsp3) is 0. The maximum Gasteiger partial charge on any atom is 0.164 e. The zero-order valence-corrected chi connectivity index (χ0v) is 56.0. The number of aromatic nitrogens is 8. The molecular formula is C96H58N8. The van der Waals surface area contributed by atoms with Crippen LogP contribution in [0.4, 0.5) is 0 Å². The lowest BCUT2D eigenvalue weighted by molar-refractivity contribution is 1.19. The van der Waals surface area contributed by atoms with Gasteiger partial charge < -0.3 is 9.97 Å². The number of benzene rings is 16. The average Bonchev–Trinajstić information content (AvgIpc) is 1.55. The van der Waals surface area contributed by atoms with Crippen molar-refractivity contribution >= 4 is 87.2 Å². The molecule has 21 rings (SSSR count). The van der Waals surface area contributed by atoms with Crippen LogP contribution in [0, 0.1) is 0 Å². The highest BCUT2D eigenvalue weighted by atomic mass is 15.1. The van der Waals surface area contributed by atoms with Crippen molar-refractivity contribution < 1.29 is 0 Å². The van der Waals surface area contributed by atoms with E-state index in [0.717, 1.165) is 176 Å². The molecule has 0 aliphatic carbocycles. The summed E-state index contributed by atoms with van der Waals surface area (Å²) >= 11 is 0. The Morgan fingerprint density at radius 1 is 0.144 bits per heavy atom. The molecule has 2 aliphatic rings. The predicted octanol–water partition coefficient (Wildman–Crippen LogP) is 24.8. The molecule has 8 heteroatoms. The molecule has 3 aromatic heterocycles. The van der Waals surface area contributed by atoms with E-state index in [1.54, 1.807) is 0 Å². The molecule has 0 saturated heterocycles. The fourth-order valence-electron chi connectivity index (χ4n) is 15.8. The second-order valence-corrected chi connectivity index (χ2v) is 27.1. The third kappa shape index (κ3) is 9.99. The highest BCUT2D eigenvalue weighted by molar-refractivity contribution is 6.16. The Balaban J connectivity index is 0.892. The minimum absolute atomic E-state index is 0.516. The van der Waals surface area contributed by atoms with E-state index in [-0.39, 0.29) is 0 Å². The number of rotatable bonds is 8. The number of aromatic amines is 2. The molecule has 2 N–H and O–H groups in total. The summed E-state index contributed by atoms with van der Waals surface area (Å²) in [7, 11) is 0. The van der Waals surface area contributed by atoms with Crippen LogP contribution in [0.3, 0.4) is 0 Å². The molecular weight excluding hydrogens is 1270 g/mol. The number of nitrogens with zero attached hydrogens (tertiary/aromatic N) is 6. The zero-order chi connectivity index (χ0) is 68.3. The first-order chi connectivity index (χ1) is 51.5. The molecule has 19 aromatic rings. The van der Waals surface area contributed by atoms with E-state index in [1.807, 2.05) is 0 Å². The molecule has 16 aromatic carbocycles. The van der Waals surface area contributed by atoms with E-state index >= 15 is 0 Å². The normalized spacial score (nSPS) is 11.8. The summed E-state index contributed by atoms with van der Waals surface area (Å²) < 4.78 is 0. The standard InChI is InChI=1S/C96H58N8/c1-9-25-57(26-10-1)73-41-65-49-81-82(50-66(65)42-74(73)58-27-11-2-12-28-58)90-97-89(81)101-91-83-51-67-43-75(59-29-13-3-14-30-59)76(60-31-15-4-16-32-60)44-68(67)52-84(83)93(98-91)103-95-87-55-71-47-79(63-37-21-7-22-38-63)80(64-39-23-8-24-40-64)48-72(71)56-88(87)96(100-95)104-94-86-54-70-46-78(62-35-19-6-20-36-62)77(61-33-17-5-18-34-61)45-69(70)53-85(86)92(99-94)102-90/h1-56H,(H2,97,98,99,100,101,102,103,104). The van der Waals surface area contributed by atoms with Crippen LogP contribution in [-0.2, 0) is 0 Å². The third-order valence-corrected chi connectivity index (χ3v) is 20.9. The van der Waals surface area contributed by atoms with Gasteiger partial charge in [0.15, 0.2) is 23.3 Å². The highest BCUT2D eigenvalue weighted by Gasteiger charge is 2.27. The van der Waals surface area contributed by atoms with Gasteiger partial charge in [0.2, 0.25) is 0 Å². The molecule has 2 aliphatic heterocycles. The molecule has 0 spiro atoms. The van der Waals surface area contributed by atoms with Crippen molar-refractivity contribution in [3.05, 3.63) is 340 Å². The van der Waals surface area contributed by atoms with Gasteiger partial charge in [0.25, 0.3) is 0 Å². The summed E-state index contributed by atoms with van der Waals surface area (Å²) in [5.74, 6) is 2.06. The van der Waals surface area contributed by atoms with Crippen LogP contribution in [-0.4, -0.2) is 39.9 Å². The van der Waals surface area contributed by atoms with Gasteiger partial charge in [-0.05, 0) is 229 Å². The fourth-order valence-corrected chi connectivity index (χ4v) is 15.8. The first-order valence-corrected chi connectivity index (χ1v) is 35.2. The number of H-pyrrole nitrogens is 2. The van der Waals surface area contributed by atoms with Crippen molar-refractivity contribution in [1.29, 1.82) is 0 Å². The van der Waals surface area contributed by atoms with Crippen molar-refractivity contribution in [2.45, 2.75) is 0 Å². The van der Waals surface area contributed by atoms with E-state index in [0.29, 0.717) is 45.9 Å². The molecule has 0 atom stereocenters. The van der Waals surface area contributed by atoms with Gasteiger partial charge in [-0.25, -0.2) is 29.9 Å². The SMILES string of the molecule is c1ccc(-c2cc3cc4c(cc3cc2-c2ccccc2)-c2nc-4nc3[nH]c(nc4nc(nc5[nH]c(n2)c2cc6cc(-c7ccccc7)c(-c7ccccc7)cc6cc52)-c2cc5cc(-c6ccccc6)c(-c6ccccc6)cc5cc2-4)c2cc4cc(-c5ccccc5)c(-c5ccccc5)cc4cc32)cc1. The summed E-state index contributed by atoms with van der Waals surface area (Å²) in [5.41, 5.74) is 23.9. The summed E-state index contributed by atoms with van der Waals surface area (Å²) in [5, 5.41) is 11.9. The van der Waals surface area contributed by atoms with Crippen LogP contribution < -0.4 is 0 Å². The van der Waals surface area contributed by atoms with Crippen molar-refractivity contribution in [3.63, 3.8) is 0 Å². The van der Waals surface area contributed by atoms with Crippen LogP contribution >= 0.6 is 0 Å². The van der Waals surface area contributed by atoms with Crippen LogP contribution in [0.15, 0.2) is 340 Å². The molecule has 0 unspecified atom stereocenters. The molecule has 0 saturated carbocycles. The third-order valence-electron chi connectivity index (χ3n) is 20.9. The largest absolute Gasteiger partial charge is 0.324 e. The van der Waals surface area contributed by atoms with Crippen LogP contribution in [0.5, 0.6) is 0 Å². The summed E-state index contributed by atoms with van der Waals surface area (Å²) in [6, 6.07) is 122. The minimum atomic E-state index is 0.516. The maximum absolute atomic E-state index is 5.75. The maximum atomic E-state index is 5.75. The van der Waals surface area contributed by atoms with E-state index in [9.17, 15) is 0 Å². The second-order valence-electron chi connectivity index (χ2n) is 27.1. The molecule has 8 bridgehead atoms. The van der Waals surface area contributed by atoms with Gasteiger partial charge in [-0.1, -0.05) is 243 Å². The Kier molecular flexibility index (Phi) is 13.5. The number of hydrogen-bond acceptors (Lipinski definition) is 6. The molecule has 0 radical (unpaired) electrons. The average molecular weight is 1320 g/mol. The number of hydrogen-bond donors (Lipinski definition) is 2. The van der Waals surface area contributed by atoms with E-state index in [2.05, 4.69) is 350 Å². The monoisotopic (exact) mass is 1320 g/mol. The lowest BCUT2D eigenvalue weighted by Gasteiger charge is -2.14. The van der Waals surface area contributed by atoms with Gasteiger partial charge >= 0.3 is 0 Å². The molecule has 5 heterocycles. The van der Waals surface area contributed by atoms with Crippen LogP contribution in [0.25, 0.3) is 222 Å². The topological polar surface area (TPSA) is 109 Å². The molecule has 104 heavy (non-hydrogen) atoms. The van der Waals surface area contributed by atoms with Gasteiger partial charge in [-0.2, -0.15) is 0 Å². The Hall–Kier alpha value is -14.1. The summed E-state index contributed by atoms with van der Waals surface area (Å²) in [6.45, 7) is 0. The molecule has 0 fully saturated rings. The van der Waals surface area contributed by atoms with Gasteiger partial charge in [0.1, 0.15) is 22.6 Å². The van der Waals surface area contributed by atoms with E-state index in [4.69, 9.17) is 29.9 Å². The number of fused-ring (bicyclic) bond motifs is 24. The second kappa shape index (κ2) is 23.8. The number of nitrogens with one attached hydrogen (secondary N) is 2. The first-order valence-electron chi connectivity index (χ1n) is 35.2. The Labute approximate surface area is 597 Å². The van der Waals surface area contributed by atoms with Crippen molar-refractivity contribution in [1.82, 2.24) is 39.9 Å². The Bertz CT molecular complexity index is 6080. The van der Waals surface area contributed by atoms with Gasteiger partial charge in [0, 0.05) is 43.8 Å². The van der Waals surface area contributed by atoms with Crippen molar-refractivity contribution in [2.75, 3.05) is 0 Å². The lowest BCUT2D eigenvalue weighted by Crippen LogP contribution is -1.89. The molecule has 482 valence electrons. The van der Waals surface area contributed by atoms with Gasteiger partial charge in [-0.3, -0.25) is 0 Å². The summed E-state index contributed by atoms with van der Waals surface area (Å²) in [6.07, 6.45) is 0.